The maximum atomic E-state index is 9.92. The lowest BCUT2D eigenvalue weighted by atomic mass is 10.1. The van der Waals surface area contributed by atoms with Gasteiger partial charge in [0, 0.05) is 10.9 Å². The smallest absolute Gasteiger partial charge is 0.172 e. The second-order valence-electron chi connectivity index (χ2n) is 5.49. The van der Waals surface area contributed by atoms with Gasteiger partial charge in [-0.3, -0.25) is 0 Å². The van der Waals surface area contributed by atoms with E-state index in [0.717, 1.165) is 17.0 Å². The molecule has 27 heavy (non-hydrogen) atoms. The van der Waals surface area contributed by atoms with Crippen molar-refractivity contribution in [2.45, 2.75) is 0 Å². The lowest BCUT2D eigenvalue weighted by molar-refractivity contribution is 0.372. The zero-order valence-electron chi connectivity index (χ0n) is 14.6. The summed E-state index contributed by atoms with van der Waals surface area (Å²) in [6.07, 6.45) is 1.71. The van der Waals surface area contributed by atoms with Crippen molar-refractivity contribution in [2.75, 3.05) is 14.2 Å². The van der Waals surface area contributed by atoms with Gasteiger partial charge in [-0.2, -0.15) is 5.26 Å². The molecule has 2 aromatic carbocycles. The second-order valence-corrected chi connectivity index (χ2v) is 7.21. The van der Waals surface area contributed by atoms with Crippen molar-refractivity contribution in [3.05, 3.63) is 56.8 Å². The van der Waals surface area contributed by atoms with Gasteiger partial charge in [0.15, 0.2) is 11.5 Å². The number of nitriles is 1. The Kier molecular flexibility index (Phi) is 5.79. The van der Waals surface area contributed by atoms with Crippen LogP contribution in [-0.2, 0) is 0 Å². The Morgan fingerprint density at radius 3 is 2.78 bits per heavy atom. The molecule has 3 rings (SSSR count). The molecule has 1 aromatic heterocycles. The molecule has 0 aliphatic heterocycles. The van der Waals surface area contributed by atoms with Crippen LogP contribution in [0.15, 0.2) is 46.3 Å². The van der Waals surface area contributed by atoms with E-state index in [1.54, 1.807) is 25.3 Å². The number of thiazole rings is 1. The van der Waals surface area contributed by atoms with E-state index in [-0.39, 0.29) is 5.75 Å². The van der Waals surface area contributed by atoms with Crippen molar-refractivity contribution >= 4 is 38.9 Å². The highest BCUT2D eigenvalue weighted by Crippen LogP contribution is 2.36. The van der Waals surface area contributed by atoms with Crippen LogP contribution < -0.4 is 9.47 Å². The zero-order chi connectivity index (χ0) is 19.4. The summed E-state index contributed by atoms with van der Waals surface area (Å²) in [4.78, 5) is 4.59. The summed E-state index contributed by atoms with van der Waals surface area (Å²) < 4.78 is 10.9. The average Bonchev–Trinajstić information content (AvgIpc) is 3.18. The van der Waals surface area contributed by atoms with E-state index in [1.807, 2.05) is 29.6 Å². The maximum absolute atomic E-state index is 9.92. The van der Waals surface area contributed by atoms with Gasteiger partial charge in [0.05, 0.1) is 30.0 Å². The molecule has 0 aliphatic carbocycles. The van der Waals surface area contributed by atoms with Crippen molar-refractivity contribution in [1.29, 1.82) is 5.26 Å². The number of phenolic OH excluding ortho intramolecular Hbond substituents is 1. The fraction of sp³-hybridized carbons (Fsp3) is 0.100. The van der Waals surface area contributed by atoms with Crippen molar-refractivity contribution in [3.8, 4) is 34.6 Å². The van der Waals surface area contributed by atoms with Gasteiger partial charge in [0.25, 0.3) is 0 Å². The highest BCUT2D eigenvalue weighted by molar-refractivity contribution is 9.10. The normalized spacial score (nSPS) is 11.1. The third kappa shape index (κ3) is 4.13. The van der Waals surface area contributed by atoms with Crippen molar-refractivity contribution in [2.24, 2.45) is 0 Å². The molecule has 0 aliphatic rings. The predicted octanol–water partition coefficient (Wildman–Crippen LogP) is 5.36. The molecule has 0 bridgehead atoms. The molecule has 136 valence electrons. The van der Waals surface area contributed by atoms with E-state index in [9.17, 15) is 10.4 Å². The van der Waals surface area contributed by atoms with Crippen molar-refractivity contribution < 1.29 is 14.6 Å². The molecule has 0 saturated heterocycles. The molecule has 1 heterocycles. The van der Waals surface area contributed by atoms with Gasteiger partial charge in [0.1, 0.15) is 16.8 Å². The first-order chi connectivity index (χ1) is 13.0. The summed E-state index contributed by atoms with van der Waals surface area (Å²) in [7, 11) is 3.09. The van der Waals surface area contributed by atoms with Crippen LogP contribution in [0.3, 0.4) is 0 Å². The van der Waals surface area contributed by atoms with Crippen LogP contribution in [0.4, 0.5) is 0 Å². The first-order valence-electron chi connectivity index (χ1n) is 7.84. The topological polar surface area (TPSA) is 75.4 Å². The highest BCUT2D eigenvalue weighted by atomic mass is 79.9. The van der Waals surface area contributed by atoms with E-state index in [0.29, 0.717) is 26.4 Å². The number of phenols is 1. The molecule has 5 nitrogen and oxygen atoms in total. The van der Waals surface area contributed by atoms with Gasteiger partial charge in [-0.1, -0.05) is 12.1 Å². The Morgan fingerprint density at radius 1 is 1.26 bits per heavy atom. The lowest BCUT2D eigenvalue weighted by Crippen LogP contribution is -1.87. The second kappa shape index (κ2) is 8.25. The largest absolute Gasteiger partial charge is 0.503 e. The maximum Gasteiger partial charge on any atom is 0.172 e. The summed E-state index contributed by atoms with van der Waals surface area (Å²) in [5, 5.41) is 22.0. The molecule has 7 heteroatoms. The average molecular weight is 443 g/mol. The van der Waals surface area contributed by atoms with Crippen LogP contribution in [0.2, 0.25) is 0 Å². The molecule has 0 saturated carbocycles. The molecule has 0 fully saturated rings. The van der Waals surface area contributed by atoms with Crippen LogP contribution in [0.1, 0.15) is 10.6 Å². The van der Waals surface area contributed by atoms with E-state index in [4.69, 9.17) is 9.47 Å². The predicted molar refractivity (Wildman–Crippen MR) is 110 cm³/mol. The Morgan fingerprint density at radius 2 is 2.07 bits per heavy atom. The summed E-state index contributed by atoms with van der Waals surface area (Å²) in [6, 6.07) is 13.2. The van der Waals surface area contributed by atoms with Crippen LogP contribution in [0, 0.1) is 11.3 Å². The van der Waals surface area contributed by atoms with Crippen LogP contribution in [-0.4, -0.2) is 24.3 Å². The molecule has 0 amide bonds. The minimum absolute atomic E-state index is 0.0164. The van der Waals surface area contributed by atoms with Gasteiger partial charge in [-0.25, -0.2) is 4.98 Å². The number of aromatic hydroxyl groups is 1. The Balaban J connectivity index is 1.98. The number of ether oxygens (including phenoxy) is 2. The van der Waals surface area contributed by atoms with Gasteiger partial charge in [-0.05, 0) is 51.8 Å². The van der Waals surface area contributed by atoms with Crippen molar-refractivity contribution in [3.63, 3.8) is 0 Å². The number of halogens is 1. The van der Waals surface area contributed by atoms with Crippen LogP contribution in [0.5, 0.6) is 17.2 Å². The number of benzene rings is 2. The Bertz CT molecular complexity index is 1050. The third-order valence-corrected chi connectivity index (χ3v) is 5.28. The lowest BCUT2D eigenvalue weighted by Gasteiger charge is -2.06. The monoisotopic (exact) mass is 442 g/mol. The van der Waals surface area contributed by atoms with Crippen molar-refractivity contribution in [1.82, 2.24) is 4.98 Å². The minimum Gasteiger partial charge on any atom is -0.503 e. The van der Waals surface area contributed by atoms with Gasteiger partial charge >= 0.3 is 0 Å². The van der Waals surface area contributed by atoms with Gasteiger partial charge in [0.2, 0.25) is 0 Å². The molecule has 0 radical (unpaired) electrons. The van der Waals surface area contributed by atoms with E-state index >= 15 is 0 Å². The van der Waals surface area contributed by atoms with Gasteiger partial charge < -0.3 is 14.6 Å². The molecular weight excluding hydrogens is 428 g/mol. The van der Waals surface area contributed by atoms with E-state index < -0.39 is 0 Å². The highest BCUT2D eigenvalue weighted by Gasteiger charge is 2.12. The number of nitrogens with zero attached hydrogens (tertiary/aromatic N) is 2. The number of hydrogen-bond acceptors (Lipinski definition) is 6. The molecule has 0 atom stereocenters. The van der Waals surface area contributed by atoms with E-state index in [1.165, 1.54) is 18.4 Å². The Hall–Kier alpha value is -2.82. The van der Waals surface area contributed by atoms with Crippen LogP contribution in [0.25, 0.3) is 22.9 Å². The van der Waals surface area contributed by atoms with Gasteiger partial charge in [-0.15, -0.1) is 11.3 Å². The molecule has 0 unspecified atom stereocenters. The zero-order valence-corrected chi connectivity index (χ0v) is 17.0. The molecule has 1 N–H and O–H groups in total. The Labute approximate surface area is 169 Å². The summed E-state index contributed by atoms with van der Waals surface area (Å²) in [6.45, 7) is 0. The number of allylic oxidation sites excluding steroid dienone is 1. The number of methoxy groups -OCH3 is 2. The first kappa shape index (κ1) is 19.0. The fourth-order valence-corrected chi connectivity index (χ4v) is 3.71. The molecular formula is C20H15BrN2O3S. The number of hydrogen-bond donors (Lipinski definition) is 1. The minimum atomic E-state index is 0.0164. The SMILES string of the molecule is COc1cccc(-c2csc(/C(C#N)=C\c3cc(Br)c(O)c(OC)c3)n2)c1. The number of rotatable bonds is 5. The quantitative estimate of drug-likeness (QED) is 0.538. The van der Waals surface area contributed by atoms with Crippen LogP contribution >= 0.6 is 27.3 Å². The summed E-state index contributed by atoms with van der Waals surface area (Å²) in [5.41, 5.74) is 2.84. The standard InChI is InChI=1S/C20H15BrN2O3S/c1-25-15-5-3-4-13(9-15)17-11-27-20(23-17)14(10-22)6-12-7-16(21)19(24)18(8-12)26-2/h3-9,11,24H,1-2H3/b14-6-. The molecule has 3 aromatic rings. The van der Waals surface area contributed by atoms with E-state index in [2.05, 4.69) is 27.0 Å². The fourth-order valence-electron chi connectivity index (χ4n) is 2.45. The summed E-state index contributed by atoms with van der Waals surface area (Å²) >= 11 is 4.68. The third-order valence-electron chi connectivity index (χ3n) is 3.80. The molecule has 0 spiro atoms. The summed E-state index contributed by atoms with van der Waals surface area (Å²) in [5.74, 6) is 1.09. The number of aromatic nitrogens is 1. The first-order valence-corrected chi connectivity index (χ1v) is 9.51.